The molecule has 0 atom stereocenters. The van der Waals surface area contributed by atoms with E-state index < -0.39 is 0 Å². The first kappa shape index (κ1) is 16.8. The fourth-order valence-corrected chi connectivity index (χ4v) is 4.18. The van der Waals surface area contributed by atoms with E-state index >= 15 is 0 Å². The monoisotopic (exact) mass is 383 g/mol. The first-order valence-electron chi connectivity index (χ1n) is 9.95. The van der Waals surface area contributed by atoms with Crippen LogP contribution >= 0.6 is 0 Å². The molecule has 140 valence electrons. The maximum Gasteiger partial charge on any atom is 0.0972 e. The van der Waals surface area contributed by atoms with Gasteiger partial charge in [-0.3, -0.25) is 9.97 Å². The molecule has 6 rings (SSSR count). The molecular formula is C27H17N3. The van der Waals surface area contributed by atoms with Crippen molar-refractivity contribution in [2.45, 2.75) is 0 Å². The van der Waals surface area contributed by atoms with Crippen LogP contribution in [0.5, 0.6) is 0 Å². The summed E-state index contributed by atoms with van der Waals surface area (Å²) in [4.78, 5) is 13.8. The van der Waals surface area contributed by atoms with Gasteiger partial charge in [0.2, 0.25) is 0 Å². The molecule has 0 N–H and O–H groups in total. The number of hydrogen-bond acceptors (Lipinski definition) is 3. The van der Waals surface area contributed by atoms with Gasteiger partial charge in [-0.2, -0.15) is 0 Å². The summed E-state index contributed by atoms with van der Waals surface area (Å²) in [6.45, 7) is 0. The molecule has 0 saturated heterocycles. The topological polar surface area (TPSA) is 38.7 Å². The van der Waals surface area contributed by atoms with Crippen molar-refractivity contribution >= 4 is 32.6 Å². The molecule has 0 aliphatic carbocycles. The molecule has 3 aromatic carbocycles. The van der Waals surface area contributed by atoms with E-state index in [1.165, 1.54) is 16.3 Å². The summed E-state index contributed by atoms with van der Waals surface area (Å²) in [6.07, 6.45) is 5.50. The molecule has 6 aromatic rings. The van der Waals surface area contributed by atoms with Crippen molar-refractivity contribution < 1.29 is 0 Å². The lowest BCUT2D eigenvalue weighted by molar-refractivity contribution is 1.33. The van der Waals surface area contributed by atoms with Crippen molar-refractivity contribution in [3.05, 3.63) is 104 Å². The van der Waals surface area contributed by atoms with Crippen molar-refractivity contribution in [2.24, 2.45) is 0 Å². The fourth-order valence-electron chi connectivity index (χ4n) is 4.18. The van der Waals surface area contributed by atoms with Gasteiger partial charge in [0.05, 0.1) is 16.7 Å². The van der Waals surface area contributed by atoms with Crippen LogP contribution in [-0.4, -0.2) is 15.0 Å². The molecule has 30 heavy (non-hydrogen) atoms. The number of nitrogens with zero attached hydrogens (tertiary/aromatic N) is 3. The minimum absolute atomic E-state index is 0.938. The first-order valence-corrected chi connectivity index (χ1v) is 9.95. The Morgan fingerprint density at radius 3 is 2.03 bits per heavy atom. The largest absolute Gasteiger partial charge is 0.265 e. The molecule has 0 saturated carbocycles. The summed E-state index contributed by atoms with van der Waals surface area (Å²) in [5, 5.41) is 4.60. The third-order valence-corrected chi connectivity index (χ3v) is 5.62. The van der Waals surface area contributed by atoms with Gasteiger partial charge in [-0.05, 0) is 46.2 Å². The van der Waals surface area contributed by atoms with E-state index in [1.807, 2.05) is 36.8 Å². The number of benzene rings is 3. The third-order valence-electron chi connectivity index (χ3n) is 5.62. The molecule has 0 unspecified atom stereocenters. The molecule has 0 amide bonds. The van der Waals surface area contributed by atoms with Gasteiger partial charge in [-0.15, -0.1) is 0 Å². The van der Waals surface area contributed by atoms with Gasteiger partial charge >= 0.3 is 0 Å². The Kier molecular flexibility index (Phi) is 3.78. The van der Waals surface area contributed by atoms with Gasteiger partial charge in [-0.25, -0.2) is 4.98 Å². The normalized spacial score (nSPS) is 11.3. The predicted octanol–water partition coefficient (Wildman–Crippen LogP) is 6.67. The molecule has 3 heterocycles. The molecule has 0 spiro atoms. The van der Waals surface area contributed by atoms with Gasteiger partial charge in [0.1, 0.15) is 0 Å². The first-order chi connectivity index (χ1) is 14.9. The third kappa shape index (κ3) is 2.64. The molecular weight excluding hydrogens is 366 g/mol. The van der Waals surface area contributed by atoms with Gasteiger partial charge in [0.25, 0.3) is 0 Å². The quantitative estimate of drug-likeness (QED) is 0.314. The highest BCUT2D eigenvalue weighted by atomic mass is 14.8. The van der Waals surface area contributed by atoms with Gasteiger partial charge < -0.3 is 0 Å². The molecule has 0 fully saturated rings. The van der Waals surface area contributed by atoms with E-state index in [-0.39, 0.29) is 0 Å². The lowest BCUT2D eigenvalue weighted by Crippen LogP contribution is -1.91. The average molecular weight is 383 g/mol. The summed E-state index contributed by atoms with van der Waals surface area (Å²) in [6, 6.07) is 29.5. The lowest BCUT2D eigenvalue weighted by Gasteiger charge is -2.12. The molecule has 3 aromatic heterocycles. The SMILES string of the molecule is c1cnc2c(c1)ccc1ccc(-c3ccc(-c4ccncc4)c4ccccc34)nc12. The van der Waals surface area contributed by atoms with Crippen molar-refractivity contribution in [3.8, 4) is 22.4 Å². The molecule has 0 aliphatic heterocycles. The minimum Gasteiger partial charge on any atom is -0.265 e. The van der Waals surface area contributed by atoms with E-state index in [2.05, 4.69) is 76.7 Å². The van der Waals surface area contributed by atoms with E-state index in [0.717, 1.165) is 38.6 Å². The smallest absolute Gasteiger partial charge is 0.0972 e. The molecule has 3 heteroatoms. The maximum absolute atomic E-state index is 5.05. The number of rotatable bonds is 2. The van der Waals surface area contributed by atoms with E-state index in [0.29, 0.717) is 0 Å². The molecule has 0 radical (unpaired) electrons. The zero-order valence-electron chi connectivity index (χ0n) is 16.2. The van der Waals surface area contributed by atoms with E-state index in [1.54, 1.807) is 0 Å². The van der Waals surface area contributed by atoms with Crippen LogP contribution in [0.3, 0.4) is 0 Å². The second kappa shape index (κ2) is 6.75. The summed E-state index contributed by atoms with van der Waals surface area (Å²) in [5.41, 5.74) is 6.32. The molecule has 0 aliphatic rings. The Morgan fingerprint density at radius 2 is 1.20 bits per heavy atom. The second-order valence-corrected chi connectivity index (χ2v) is 7.35. The highest BCUT2D eigenvalue weighted by Crippen LogP contribution is 2.35. The van der Waals surface area contributed by atoms with E-state index in [9.17, 15) is 0 Å². The average Bonchev–Trinajstić information content (AvgIpc) is 2.83. The summed E-state index contributed by atoms with van der Waals surface area (Å²) in [5.74, 6) is 0. The second-order valence-electron chi connectivity index (χ2n) is 7.35. The molecule has 3 nitrogen and oxygen atoms in total. The van der Waals surface area contributed by atoms with Crippen molar-refractivity contribution in [1.82, 2.24) is 15.0 Å². The zero-order chi connectivity index (χ0) is 19.9. The van der Waals surface area contributed by atoms with Crippen LogP contribution in [-0.2, 0) is 0 Å². The highest BCUT2D eigenvalue weighted by Gasteiger charge is 2.11. The van der Waals surface area contributed by atoms with Crippen molar-refractivity contribution in [3.63, 3.8) is 0 Å². The minimum atomic E-state index is 0.938. The highest BCUT2D eigenvalue weighted by molar-refractivity contribution is 6.07. The van der Waals surface area contributed by atoms with Crippen molar-refractivity contribution in [2.75, 3.05) is 0 Å². The summed E-state index contributed by atoms with van der Waals surface area (Å²) >= 11 is 0. The lowest BCUT2D eigenvalue weighted by atomic mass is 9.94. The summed E-state index contributed by atoms with van der Waals surface area (Å²) in [7, 11) is 0. The Hall–Kier alpha value is -4.11. The standard InChI is InChI=1S/C27H17N3/c1-2-6-23-22(5-1)21(18-13-16-28-17-14-18)10-11-24(23)25-12-9-20-8-7-19-4-3-15-29-26(19)27(20)30-25/h1-17H. The Bertz CT molecular complexity index is 1540. The van der Waals surface area contributed by atoms with E-state index in [4.69, 9.17) is 4.98 Å². The van der Waals surface area contributed by atoms with Crippen LogP contribution in [0.4, 0.5) is 0 Å². The zero-order valence-corrected chi connectivity index (χ0v) is 16.2. The Labute approximate surface area is 173 Å². The number of hydrogen-bond donors (Lipinski definition) is 0. The van der Waals surface area contributed by atoms with Crippen LogP contribution in [0, 0.1) is 0 Å². The van der Waals surface area contributed by atoms with Crippen LogP contribution < -0.4 is 0 Å². The number of fused-ring (bicyclic) bond motifs is 4. The van der Waals surface area contributed by atoms with Crippen LogP contribution in [0.25, 0.3) is 55.0 Å². The fraction of sp³-hybridized carbons (Fsp3) is 0. The molecule has 0 bridgehead atoms. The van der Waals surface area contributed by atoms with Crippen LogP contribution in [0.15, 0.2) is 104 Å². The summed E-state index contributed by atoms with van der Waals surface area (Å²) < 4.78 is 0. The Balaban J connectivity index is 1.62. The predicted molar refractivity (Wildman–Crippen MR) is 123 cm³/mol. The van der Waals surface area contributed by atoms with Gasteiger partial charge in [0.15, 0.2) is 0 Å². The number of aromatic nitrogens is 3. The number of pyridine rings is 3. The Morgan fingerprint density at radius 1 is 0.500 bits per heavy atom. The van der Waals surface area contributed by atoms with Gasteiger partial charge in [0, 0.05) is 34.9 Å². The van der Waals surface area contributed by atoms with Gasteiger partial charge in [-0.1, -0.05) is 60.7 Å². The van der Waals surface area contributed by atoms with Crippen molar-refractivity contribution in [1.29, 1.82) is 0 Å². The van der Waals surface area contributed by atoms with Crippen LogP contribution in [0.1, 0.15) is 0 Å². The van der Waals surface area contributed by atoms with Crippen LogP contribution in [0.2, 0.25) is 0 Å². The maximum atomic E-state index is 5.05.